The summed E-state index contributed by atoms with van der Waals surface area (Å²) in [5.74, 6) is 0.330. The Labute approximate surface area is 253 Å². The maximum atomic E-state index is 13.2. The van der Waals surface area contributed by atoms with Crippen LogP contribution in [0.2, 0.25) is 0 Å². The van der Waals surface area contributed by atoms with E-state index < -0.39 is 0 Å². The van der Waals surface area contributed by atoms with Crippen molar-refractivity contribution in [3.05, 3.63) is 99.6 Å². The fourth-order valence-electron chi connectivity index (χ4n) is 5.66. The zero-order valence-corrected chi connectivity index (χ0v) is 26.0. The quantitative estimate of drug-likeness (QED) is 0.218. The second-order valence-corrected chi connectivity index (χ2v) is 12.8. The van der Waals surface area contributed by atoms with Crippen LogP contribution in [0, 0.1) is 18.3 Å². The van der Waals surface area contributed by atoms with Gasteiger partial charge in [0.2, 0.25) is 0 Å². The molecule has 1 saturated carbocycles. The second kappa shape index (κ2) is 11.6. The Bertz CT molecular complexity index is 1720. The summed E-state index contributed by atoms with van der Waals surface area (Å²) in [6.07, 6.45) is 9.00. The summed E-state index contributed by atoms with van der Waals surface area (Å²) in [5, 5.41) is 9.64. The molecule has 5 N–H and O–H groups in total. The summed E-state index contributed by atoms with van der Waals surface area (Å²) in [5.41, 5.74) is 14.0. The van der Waals surface area contributed by atoms with Crippen molar-refractivity contribution in [3.63, 3.8) is 0 Å². The minimum Gasteiger partial charge on any atom is -0.399 e. The van der Waals surface area contributed by atoms with Crippen LogP contribution in [-0.4, -0.2) is 21.5 Å². The van der Waals surface area contributed by atoms with Crippen LogP contribution in [0.5, 0.6) is 0 Å². The third-order valence-corrected chi connectivity index (χ3v) is 8.20. The third kappa shape index (κ3) is 6.58. The van der Waals surface area contributed by atoms with Crippen molar-refractivity contribution in [2.75, 3.05) is 16.4 Å². The van der Waals surface area contributed by atoms with Crippen molar-refractivity contribution in [2.45, 2.75) is 59.9 Å². The molecule has 5 rings (SSSR count). The Kier molecular flexibility index (Phi) is 8.06. The number of rotatable bonds is 8. The van der Waals surface area contributed by atoms with Gasteiger partial charge in [-0.1, -0.05) is 64.1 Å². The number of nitrogen functional groups attached to an aromatic ring is 1. The van der Waals surface area contributed by atoms with E-state index in [-0.39, 0.29) is 28.7 Å². The van der Waals surface area contributed by atoms with E-state index in [0.717, 1.165) is 41.8 Å². The zero-order valence-electron chi connectivity index (χ0n) is 26.0. The van der Waals surface area contributed by atoms with Crippen molar-refractivity contribution < 1.29 is 4.79 Å². The molecule has 1 amide bonds. The van der Waals surface area contributed by atoms with Crippen molar-refractivity contribution in [2.24, 2.45) is 18.4 Å². The first-order valence-corrected chi connectivity index (χ1v) is 14.8. The lowest BCUT2D eigenvalue weighted by Gasteiger charge is -2.32. The molecule has 1 aromatic heterocycles. The van der Waals surface area contributed by atoms with Gasteiger partial charge in [-0.25, -0.2) is 4.98 Å². The van der Waals surface area contributed by atoms with Crippen LogP contribution < -0.4 is 27.2 Å². The highest BCUT2D eigenvalue weighted by atomic mass is 16.2. The average Bonchev–Trinajstić information content (AvgIpc) is 3.76. The van der Waals surface area contributed by atoms with Gasteiger partial charge >= 0.3 is 0 Å². The normalized spacial score (nSPS) is 16.7. The molecular formula is C35H42N6O2. The summed E-state index contributed by atoms with van der Waals surface area (Å²) in [6, 6.07) is 11.2. The molecular weight excluding hydrogens is 536 g/mol. The maximum absolute atomic E-state index is 13.2. The minimum absolute atomic E-state index is 0.121. The first kappa shape index (κ1) is 29.9. The van der Waals surface area contributed by atoms with Crippen LogP contribution in [0.4, 0.5) is 22.9 Å². The van der Waals surface area contributed by atoms with E-state index in [1.807, 2.05) is 25.1 Å². The Morgan fingerprint density at radius 3 is 2.53 bits per heavy atom. The predicted molar refractivity (Wildman–Crippen MR) is 176 cm³/mol. The van der Waals surface area contributed by atoms with Gasteiger partial charge in [0.1, 0.15) is 0 Å². The van der Waals surface area contributed by atoms with E-state index in [4.69, 9.17) is 10.7 Å². The van der Waals surface area contributed by atoms with Crippen LogP contribution in [0.3, 0.4) is 0 Å². The highest BCUT2D eigenvalue weighted by molar-refractivity contribution is 6.01. The van der Waals surface area contributed by atoms with Crippen LogP contribution >= 0.6 is 0 Å². The number of allylic oxidation sites excluding steroid dienone is 4. The van der Waals surface area contributed by atoms with Crippen molar-refractivity contribution in [1.82, 2.24) is 14.9 Å². The summed E-state index contributed by atoms with van der Waals surface area (Å²) < 4.78 is 1.50. The summed E-state index contributed by atoms with van der Waals surface area (Å²) in [7, 11) is 1.69. The van der Waals surface area contributed by atoms with Gasteiger partial charge in [0.05, 0.1) is 16.9 Å². The maximum Gasteiger partial charge on any atom is 0.293 e. The minimum atomic E-state index is -0.310. The summed E-state index contributed by atoms with van der Waals surface area (Å²) in [4.78, 5) is 30.8. The molecule has 1 unspecified atom stereocenters. The molecule has 1 fully saturated rings. The van der Waals surface area contributed by atoms with E-state index in [0.29, 0.717) is 28.6 Å². The number of nitrogens with two attached hydrogens (primary N) is 1. The fourth-order valence-corrected chi connectivity index (χ4v) is 5.66. The van der Waals surface area contributed by atoms with Crippen LogP contribution in [0.15, 0.2) is 83.0 Å². The van der Waals surface area contributed by atoms with Crippen LogP contribution in [0.1, 0.15) is 62.9 Å². The Balaban J connectivity index is 1.43. The molecule has 0 aliphatic heterocycles. The lowest BCUT2D eigenvalue weighted by molar-refractivity contribution is 0.0952. The van der Waals surface area contributed by atoms with Crippen LogP contribution in [-0.2, 0) is 7.05 Å². The number of aromatic nitrogens is 2. The highest BCUT2D eigenvalue weighted by Gasteiger charge is 2.27. The van der Waals surface area contributed by atoms with E-state index in [1.165, 1.54) is 15.7 Å². The lowest BCUT2D eigenvalue weighted by Crippen LogP contribution is -2.27. The number of carbonyl (C=O) groups is 1. The Hall–Kier alpha value is -4.59. The van der Waals surface area contributed by atoms with Crippen molar-refractivity contribution >= 4 is 28.8 Å². The molecule has 2 aliphatic carbocycles. The zero-order chi connectivity index (χ0) is 31.1. The number of benzene rings is 2. The van der Waals surface area contributed by atoms with Gasteiger partial charge in [0, 0.05) is 41.9 Å². The summed E-state index contributed by atoms with van der Waals surface area (Å²) in [6.45, 7) is 15.4. The van der Waals surface area contributed by atoms with Gasteiger partial charge in [0.25, 0.3) is 11.5 Å². The van der Waals surface area contributed by atoms with Gasteiger partial charge in [0.15, 0.2) is 5.82 Å². The molecule has 0 bridgehead atoms. The first-order chi connectivity index (χ1) is 20.3. The molecule has 3 aromatic rings. The van der Waals surface area contributed by atoms with Gasteiger partial charge in [-0.05, 0) is 72.9 Å². The molecule has 224 valence electrons. The van der Waals surface area contributed by atoms with E-state index in [2.05, 4.69) is 62.4 Å². The van der Waals surface area contributed by atoms with Gasteiger partial charge in [-0.15, -0.1) is 0 Å². The number of nitrogens with zero attached hydrogens (tertiary/aromatic N) is 2. The Morgan fingerprint density at radius 1 is 1.12 bits per heavy atom. The highest BCUT2D eigenvalue weighted by Crippen LogP contribution is 2.39. The number of anilines is 4. The topological polar surface area (TPSA) is 114 Å². The van der Waals surface area contributed by atoms with E-state index in [1.54, 1.807) is 31.4 Å². The molecule has 0 radical (unpaired) electrons. The molecule has 2 aliphatic rings. The number of amides is 1. The van der Waals surface area contributed by atoms with Gasteiger partial charge < -0.3 is 26.3 Å². The van der Waals surface area contributed by atoms with Crippen molar-refractivity contribution in [1.29, 1.82) is 0 Å². The van der Waals surface area contributed by atoms with Gasteiger partial charge in [-0.2, -0.15) is 0 Å². The van der Waals surface area contributed by atoms with Crippen LogP contribution in [0.25, 0.3) is 11.3 Å². The monoisotopic (exact) mass is 578 g/mol. The molecule has 1 heterocycles. The predicted octanol–water partition coefficient (Wildman–Crippen LogP) is 6.84. The number of aryl methyl sites for hydroxylation is 1. The average molecular weight is 579 g/mol. The molecule has 1 atom stereocenters. The van der Waals surface area contributed by atoms with Gasteiger partial charge in [-0.3, -0.25) is 9.59 Å². The number of carbonyl (C=O) groups excluding carboxylic acids is 1. The number of nitrogens with one attached hydrogen (secondary N) is 3. The molecule has 0 saturated heterocycles. The number of hydrogen-bond acceptors (Lipinski definition) is 6. The summed E-state index contributed by atoms with van der Waals surface area (Å²) >= 11 is 0. The molecule has 43 heavy (non-hydrogen) atoms. The molecule has 8 nitrogen and oxygen atoms in total. The smallest absolute Gasteiger partial charge is 0.293 e. The number of hydrogen-bond donors (Lipinski definition) is 4. The first-order valence-electron chi connectivity index (χ1n) is 14.8. The van der Waals surface area contributed by atoms with Crippen molar-refractivity contribution in [3.8, 4) is 11.3 Å². The fraction of sp³-hybridized carbons (Fsp3) is 0.343. The van der Waals surface area contributed by atoms with E-state index in [9.17, 15) is 9.59 Å². The lowest BCUT2D eigenvalue weighted by atomic mass is 9.74. The Morgan fingerprint density at radius 2 is 1.86 bits per heavy atom. The standard InChI is InChI=1S/C35H42N6O2/c1-20-17-23(11-15-28(20)35(4,5)6)22(3)37-29-10-8-9-26(21(29)2)31-19-41(7)34(43)32(40-31)39-30-16-12-24(36)18-27(30)33(42)38-25-13-14-25/h8-12,15-16,18-20,25,37H,3,13-14,17,36H2,1-2,4-7H3,(H,38,42)(H,39,40). The largest absolute Gasteiger partial charge is 0.399 e. The molecule has 0 spiro atoms. The van der Waals surface area contributed by atoms with E-state index >= 15 is 0 Å². The second-order valence-electron chi connectivity index (χ2n) is 12.8. The molecule has 8 heteroatoms. The third-order valence-electron chi connectivity index (χ3n) is 8.20. The molecule has 2 aromatic carbocycles. The SMILES string of the molecule is C=C(Nc1cccc(-c2cn(C)c(=O)c(Nc3ccc(N)cc3C(=O)NC3CC3)n2)c1C)C1=CC=C(C(C)(C)C)C(C)C1.